The van der Waals surface area contributed by atoms with Crippen molar-refractivity contribution in [2.45, 2.75) is 13.0 Å². The molecule has 1 aromatic carbocycles. The number of pyridine rings is 1. The molecule has 0 atom stereocenters. The zero-order valence-corrected chi connectivity index (χ0v) is 12.4. The highest BCUT2D eigenvalue weighted by molar-refractivity contribution is 5.42. The Morgan fingerprint density at radius 2 is 2.14 bits per heavy atom. The van der Waals surface area contributed by atoms with Crippen LogP contribution in [-0.4, -0.2) is 30.6 Å². The average Bonchev–Trinajstić information content (AvgIpc) is 2.54. The monoisotopic (exact) mass is 281 g/mol. The quantitative estimate of drug-likeness (QED) is 0.816. The van der Waals surface area contributed by atoms with E-state index in [0.717, 1.165) is 36.5 Å². The van der Waals surface area contributed by atoms with E-state index in [-0.39, 0.29) is 0 Å². The first-order valence-corrected chi connectivity index (χ1v) is 6.88. The van der Waals surface area contributed by atoms with Crippen molar-refractivity contribution in [3.05, 3.63) is 59.4 Å². The Morgan fingerprint density at radius 3 is 2.81 bits per heavy atom. The molecule has 0 aliphatic carbocycles. The molecule has 0 spiro atoms. The largest absolute Gasteiger partial charge is 0.496 e. The fraction of sp³-hybridized carbons (Fsp3) is 0.294. The maximum absolute atomic E-state index is 9.00. The van der Waals surface area contributed by atoms with Crippen molar-refractivity contribution in [2.75, 3.05) is 20.7 Å². The SMILES string of the molecule is COc1ccc(C#N)cc1CN(C)CCc1ccccn1. The smallest absolute Gasteiger partial charge is 0.123 e. The lowest BCUT2D eigenvalue weighted by atomic mass is 10.1. The molecular weight excluding hydrogens is 262 g/mol. The first-order valence-electron chi connectivity index (χ1n) is 6.88. The second kappa shape index (κ2) is 7.41. The van der Waals surface area contributed by atoms with Gasteiger partial charge >= 0.3 is 0 Å². The molecule has 2 rings (SSSR count). The van der Waals surface area contributed by atoms with Crippen molar-refractivity contribution >= 4 is 0 Å². The minimum atomic E-state index is 0.656. The molecule has 0 amide bonds. The van der Waals surface area contributed by atoms with Gasteiger partial charge in [0.1, 0.15) is 5.75 Å². The van der Waals surface area contributed by atoms with Crippen molar-refractivity contribution in [1.29, 1.82) is 5.26 Å². The summed E-state index contributed by atoms with van der Waals surface area (Å²) in [6, 6.07) is 13.6. The number of ether oxygens (including phenoxy) is 1. The van der Waals surface area contributed by atoms with Crippen LogP contribution in [0.3, 0.4) is 0 Å². The molecule has 0 saturated carbocycles. The molecule has 4 nitrogen and oxygen atoms in total. The van der Waals surface area contributed by atoms with Crippen molar-refractivity contribution in [3.63, 3.8) is 0 Å². The van der Waals surface area contributed by atoms with Crippen molar-refractivity contribution in [3.8, 4) is 11.8 Å². The minimum absolute atomic E-state index is 0.656. The molecule has 2 aromatic rings. The fourth-order valence-corrected chi connectivity index (χ4v) is 2.19. The van der Waals surface area contributed by atoms with Gasteiger partial charge in [0.25, 0.3) is 0 Å². The predicted octanol–water partition coefficient (Wildman–Crippen LogP) is 2.64. The molecule has 4 heteroatoms. The Balaban J connectivity index is 1.99. The molecule has 0 bridgehead atoms. The molecule has 21 heavy (non-hydrogen) atoms. The second-order valence-corrected chi connectivity index (χ2v) is 4.95. The number of likely N-dealkylation sites (N-methyl/N-ethyl adjacent to an activating group) is 1. The van der Waals surface area contributed by atoms with Crippen LogP contribution in [0.5, 0.6) is 5.75 Å². The van der Waals surface area contributed by atoms with Crippen molar-refractivity contribution < 1.29 is 4.74 Å². The van der Waals surface area contributed by atoms with E-state index in [0.29, 0.717) is 5.56 Å². The molecule has 0 aliphatic heterocycles. The molecule has 0 unspecified atom stereocenters. The molecule has 1 aromatic heterocycles. The van der Waals surface area contributed by atoms with Crippen LogP contribution in [-0.2, 0) is 13.0 Å². The van der Waals surface area contributed by atoms with Crippen LogP contribution >= 0.6 is 0 Å². The van der Waals surface area contributed by atoms with Crippen LogP contribution in [0.25, 0.3) is 0 Å². The van der Waals surface area contributed by atoms with Crippen molar-refractivity contribution in [2.24, 2.45) is 0 Å². The Morgan fingerprint density at radius 1 is 1.29 bits per heavy atom. The van der Waals surface area contributed by atoms with Crippen LogP contribution in [0.4, 0.5) is 0 Å². The van der Waals surface area contributed by atoms with Crippen molar-refractivity contribution in [1.82, 2.24) is 9.88 Å². The molecule has 108 valence electrons. The van der Waals surface area contributed by atoms with Crippen LogP contribution in [0.15, 0.2) is 42.6 Å². The van der Waals surface area contributed by atoms with E-state index in [1.165, 1.54) is 0 Å². The molecule has 0 radical (unpaired) electrons. The number of benzene rings is 1. The third-order valence-electron chi connectivity index (χ3n) is 3.33. The molecule has 0 fully saturated rings. The molecule has 0 saturated heterocycles. The van der Waals surface area contributed by atoms with Crippen LogP contribution < -0.4 is 4.74 Å². The Bertz CT molecular complexity index is 620. The maximum atomic E-state index is 9.00. The third kappa shape index (κ3) is 4.30. The molecule has 0 aliphatic rings. The zero-order chi connectivity index (χ0) is 15.1. The van der Waals surface area contributed by atoms with E-state index in [2.05, 4.69) is 23.0 Å². The summed E-state index contributed by atoms with van der Waals surface area (Å²) in [5.74, 6) is 0.818. The lowest BCUT2D eigenvalue weighted by Gasteiger charge is -2.18. The maximum Gasteiger partial charge on any atom is 0.123 e. The van der Waals surface area contributed by atoms with E-state index >= 15 is 0 Å². The Labute approximate surface area is 125 Å². The summed E-state index contributed by atoms with van der Waals surface area (Å²) >= 11 is 0. The number of rotatable bonds is 6. The molecular formula is C17H19N3O. The highest BCUT2D eigenvalue weighted by atomic mass is 16.5. The van der Waals surface area contributed by atoms with Gasteiger partial charge in [-0.15, -0.1) is 0 Å². The predicted molar refractivity (Wildman–Crippen MR) is 82.0 cm³/mol. The van der Waals surface area contributed by atoms with Gasteiger partial charge < -0.3 is 9.64 Å². The van der Waals surface area contributed by atoms with E-state index < -0.39 is 0 Å². The first kappa shape index (κ1) is 15.0. The van der Waals surface area contributed by atoms with E-state index in [9.17, 15) is 0 Å². The highest BCUT2D eigenvalue weighted by Crippen LogP contribution is 2.21. The van der Waals surface area contributed by atoms with E-state index in [1.54, 1.807) is 13.2 Å². The summed E-state index contributed by atoms with van der Waals surface area (Å²) in [5.41, 5.74) is 2.77. The van der Waals surface area contributed by atoms with E-state index in [4.69, 9.17) is 10.00 Å². The van der Waals surface area contributed by atoms with Crippen LogP contribution in [0.2, 0.25) is 0 Å². The fourth-order valence-electron chi connectivity index (χ4n) is 2.19. The standard InChI is InChI=1S/C17H19N3O/c1-20(10-8-16-5-3-4-9-19-16)13-15-11-14(12-18)6-7-17(15)21-2/h3-7,9,11H,8,10,13H2,1-2H3. The zero-order valence-electron chi connectivity index (χ0n) is 12.4. The first-order chi connectivity index (χ1) is 10.2. The number of methoxy groups -OCH3 is 1. The summed E-state index contributed by atoms with van der Waals surface area (Å²) in [5, 5.41) is 9.00. The van der Waals surface area contributed by atoms with Gasteiger partial charge in [-0.25, -0.2) is 0 Å². The summed E-state index contributed by atoms with van der Waals surface area (Å²) < 4.78 is 5.36. The number of hydrogen-bond acceptors (Lipinski definition) is 4. The summed E-state index contributed by atoms with van der Waals surface area (Å²) in [6.07, 6.45) is 2.71. The average molecular weight is 281 g/mol. The van der Waals surface area contributed by atoms with Gasteiger partial charge in [-0.1, -0.05) is 6.07 Å². The Hall–Kier alpha value is -2.38. The lowest BCUT2D eigenvalue weighted by Crippen LogP contribution is -2.21. The van der Waals surface area contributed by atoms with E-state index in [1.807, 2.05) is 36.5 Å². The van der Waals surface area contributed by atoms with Gasteiger partial charge in [0.15, 0.2) is 0 Å². The van der Waals surface area contributed by atoms with Gasteiger partial charge in [0.2, 0.25) is 0 Å². The highest BCUT2D eigenvalue weighted by Gasteiger charge is 2.08. The summed E-state index contributed by atoms with van der Waals surface area (Å²) in [6.45, 7) is 1.64. The third-order valence-corrected chi connectivity index (χ3v) is 3.33. The van der Waals surface area contributed by atoms with Crippen LogP contribution in [0.1, 0.15) is 16.8 Å². The number of nitrogens with zero attached hydrogens (tertiary/aromatic N) is 3. The second-order valence-electron chi connectivity index (χ2n) is 4.95. The summed E-state index contributed by atoms with van der Waals surface area (Å²) in [7, 11) is 3.71. The lowest BCUT2D eigenvalue weighted by molar-refractivity contribution is 0.320. The number of hydrogen-bond donors (Lipinski definition) is 0. The minimum Gasteiger partial charge on any atom is -0.496 e. The van der Waals surface area contributed by atoms with Gasteiger partial charge in [0, 0.05) is 37.0 Å². The number of nitriles is 1. The molecule has 0 N–H and O–H groups in total. The van der Waals surface area contributed by atoms with Gasteiger partial charge in [-0.05, 0) is 37.4 Å². The topological polar surface area (TPSA) is 49.1 Å². The van der Waals surface area contributed by atoms with Crippen LogP contribution in [0, 0.1) is 11.3 Å². The summed E-state index contributed by atoms with van der Waals surface area (Å²) in [4.78, 5) is 6.53. The van der Waals surface area contributed by atoms with Gasteiger partial charge in [-0.2, -0.15) is 5.26 Å². The van der Waals surface area contributed by atoms with Gasteiger partial charge in [-0.3, -0.25) is 4.98 Å². The molecule has 1 heterocycles. The van der Waals surface area contributed by atoms with Gasteiger partial charge in [0.05, 0.1) is 18.7 Å². The Kier molecular flexibility index (Phi) is 5.30. The normalized spacial score (nSPS) is 10.4. The number of aromatic nitrogens is 1.